The Morgan fingerprint density at radius 2 is 1.96 bits per heavy atom. The first-order chi connectivity index (χ1) is 12.9. The van der Waals surface area contributed by atoms with Crippen LogP contribution in [-0.2, 0) is 23.5 Å². The van der Waals surface area contributed by atoms with Gasteiger partial charge in [0.2, 0.25) is 10.0 Å². The van der Waals surface area contributed by atoms with E-state index in [0.717, 1.165) is 29.7 Å². The summed E-state index contributed by atoms with van der Waals surface area (Å²) in [4.78, 5) is 15.8. The Bertz CT molecular complexity index is 1060. The monoisotopic (exact) mass is 387 g/mol. The van der Waals surface area contributed by atoms with Gasteiger partial charge in [-0.1, -0.05) is 0 Å². The number of aromatic nitrogens is 2. The topological polar surface area (TPSA) is 81.1 Å². The standard InChI is InChI=1S/C19H18FN3O3S/c1-23-10-2-3-18(23)19-15(13-24)11-14(12-21-19)8-9-22-27(25,26)17-6-4-16(20)5-7-17/h2-7,10-13,22H,8-9H2,1H3. The molecular weight excluding hydrogens is 369 g/mol. The fourth-order valence-electron chi connectivity index (χ4n) is 2.70. The number of aryl methyl sites for hydroxylation is 1. The third-order valence-electron chi connectivity index (χ3n) is 4.12. The van der Waals surface area contributed by atoms with Crippen molar-refractivity contribution in [3.05, 3.63) is 71.8 Å². The van der Waals surface area contributed by atoms with Crippen molar-refractivity contribution in [1.29, 1.82) is 0 Å². The minimum Gasteiger partial charge on any atom is -0.349 e. The van der Waals surface area contributed by atoms with Crippen LogP contribution in [0.25, 0.3) is 11.4 Å². The third kappa shape index (κ3) is 4.29. The van der Waals surface area contributed by atoms with Gasteiger partial charge in [-0.05, 0) is 54.4 Å². The summed E-state index contributed by atoms with van der Waals surface area (Å²) in [5, 5.41) is 0. The Balaban J connectivity index is 1.70. The summed E-state index contributed by atoms with van der Waals surface area (Å²) in [5.74, 6) is -0.500. The molecule has 0 aliphatic heterocycles. The maximum Gasteiger partial charge on any atom is 0.240 e. The fourth-order valence-corrected chi connectivity index (χ4v) is 3.73. The van der Waals surface area contributed by atoms with E-state index in [2.05, 4.69) is 9.71 Å². The molecule has 1 N–H and O–H groups in total. The van der Waals surface area contributed by atoms with Crippen LogP contribution in [-0.4, -0.2) is 30.8 Å². The number of hydrogen-bond acceptors (Lipinski definition) is 4. The highest BCUT2D eigenvalue weighted by Crippen LogP contribution is 2.21. The Hall–Kier alpha value is -2.84. The van der Waals surface area contributed by atoms with Crippen molar-refractivity contribution in [2.75, 3.05) is 6.54 Å². The predicted octanol–water partition coefficient (Wildman–Crippen LogP) is 2.56. The van der Waals surface area contributed by atoms with Gasteiger partial charge in [0.15, 0.2) is 6.29 Å². The fraction of sp³-hybridized carbons (Fsp3) is 0.158. The summed E-state index contributed by atoms with van der Waals surface area (Å²) < 4.78 is 41.6. The number of nitrogens with one attached hydrogen (secondary N) is 1. The van der Waals surface area contributed by atoms with Gasteiger partial charge in [0.25, 0.3) is 0 Å². The van der Waals surface area contributed by atoms with Crippen molar-refractivity contribution in [2.45, 2.75) is 11.3 Å². The number of benzene rings is 1. The zero-order chi connectivity index (χ0) is 19.4. The second kappa shape index (κ2) is 7.81. The van der Waals surface area contributed by atoms with E-state index in [4.69, 9.17) is 0 Å². The minimum absolute atomic E-state index is 0.00494. The first-order valence-corrected chi connectivity index (χ1v) is 9.70. The summed E-state index contributed by atoms with van der Waals surface area (Å²) in [6.45, 7) is 0.128. The maximum atomic E-state index is 12.9. The number of halogens is 1. The lowest BCUT2D eigenvalue weighted by Crippen LogP contribution is -2.26. The first-order valence-electron chi connectivity index (χ1n) is 8.22. The summed E-state index contributed by atoms with van der Waals surface area (Å²) >= 11 is 0. The van der Waals surface area contributed by atoms with Crippen LogP contribution in [0.1, 0.15) is 15.9 Å². The average Bonchev–Trinajstić information content (AvgIpc) is 3.07. The van der Waals surface area contributed by atoms with Gasteiger partial charge in [-0.2, -0.15) is 0 Å². The lowest BCUT2D eigenvalue weighted by atomic mass is 10.1. The second-order valence-corrected chi connectivity index (χ2v) is 7.77. The van der Waals surface area contributed by atoms with Gasteiger partial charge in [0, 0.05) is 31.5 Å². The molecule has 3 rings (SSSR count). The molecule has 3 aromatic rings. The van der Waals surface area contributed by atoms with E-state index >= 15 is 0 Å². The van der Waals surface area contributed by atoms with Crippen molar-refractivity contribution in [2.24, 2.45) is 7.05 Å². The highest BCUT2D eigenvalue weighted by Gasteiger charge is 2.14. The molecule has 0 aliphatic rings. The minimum atomic E-state index is -3.72. The van der Waals surface area contributed by atoms with Crippen LogP contribution in [0.5, 0.6) is 0 Å². The third-order valence-corrected chi connectivity index (χ3v) is 5.59. The second-order valence-electron chi connectivity index (χ2n) is 6.01. The van der Waals surface area contributed by atoms with E-state index in [0.29, 0.717) is 17.7 Å². The van der Waals surface area contributed by atoms with Crippen LogP contribution in [0.15, 0.2) is 59.8 Å². The van der Waals surface area contributed by atoms with Gasteiger partial charge >= 0.3 is 0 Å². The van der Waals surface area contributed by atoms with Crippen LogP contribution in [0, 0.1) is 5.82 Å². The van der Waals surface area contributed by atoms with E-state index in [1.807, 2.05) is 29.9 Å². The number of carbonyl (C=O) groups excluding carboxylic acids is 1. The Morgan fingerprint density at radius 3 is 2.59 bits per heavy atom. The zero-order valence-corrected chi connectivity index (χ0v) is 15.4. The van der Waals surface area contributed by atoms with Gasteiger partial charge in [-0.25, -0.2) is 17.5 Å². The largest absolute Gasteiger partial charge is 0.349 e. The highest BCUT2D eigenvalue weighted by molar-refractivity contribution is 7.89. The van der Waals surface area contributed by atoms with Crippen molar-refractivity contribution < 1.29 is 17.6 Å². The average molecular weight is 387 g/mol. The number of nitrogens with zero attached hydrogens (tertiary/aromatic N) is 2. The number of aldehydes is 1. The number of hydrogen-bond donors (Lipinski definition) is 1. The van der Waals surface area contributed by atoms with Crippen molar-refractivity contribution in [3.63, 3.8) is 0 Å². The van der Waals surface area contributed by atoms with E-state index < -0.39 is 15.8 Å². The number of sulfonamides is 1. The van der Waals surface area contributed by atoms with Crippen LogP contribution >= 0.6 is 0 Å². The van der Waals surface area contributed by atoms with E-state index in [9.17, 15) is 17.6 Å². The molecule has 0 saturated carbocycles. The molecule has 0 atom stereocenters. The van der Waals surface area contributed by atoms with E-state index in [1.54, 1.807) is 12.3 Å². The molecule has 2 heterocycles. The highest BCUT2D eigenvalue weighted by atomic mass is 32.2. The van der Waals surface area contributed by atoms with Crippen LogP contribution in [0.4, 0.5) is 4.39 Å². The van der Waals surface area contributed by atoms with Crippen molar-refractivity contribution in [1.82, 2.24) is 14.3 Å². The molecule has 1 aromatic carbocycles. The van der Waals surface area contributed by atoms with Crippen LogP contribution in [0.3, 0.4) is 0 Å². The molecular formula is C19H18FN3O3S. The first kappa shape index (κ1) is 18.9. The molecule has 6 nitrogen and oxygen atoms in total. The van der Waals surface area contributed by atoms with Gasteiger partial charge in [-0.3, -0.25) is 9.78 Å². The molecule has 0 saturated heterocycles. The lowest BCUT2D eigenvalue weighted by molar-refractivity contribution is 0.112. The number of carbonyl (C=O) groups is 1. The molecule has 0 spiro atoms. The Labute approximate surface area is 156 Å². The number of rotatable bonds is 7. The van der Waals surface area contributed by atoms with Gasteiger partial charge in [-0.15, -0.1) is 0 Å². The molecule has 8 heteroatoms. The summed E-state index contributed by atoms with van der Waals surface area (Å²) in [7, 11) is -1.86. The quantitative estimate of drug-likeness (QED) is 0.632. The van der Waals surface area contributed by atoms with Gasteiger partial charge in [0.05, 0.1) is 16.3 Å². The molecule has 0 unspecified atom stereocenters. The van der Waals surface area contributed by atoms with E-state index in [1.165, 1.54) is 12.1 Å². The number of pyridine rings is 1. The zero-order valence-electron chi connectivity index (χ0n) is 14.6. The molecule has 0 radical (unpaired) electrons. The maximum absolute atomic E-state index is 12.9. The van der Waals surface area contributed by atoms with Gasteiger partial charge in [0.1, 0.15) is 5.82 Å². The van der Waals surface area contributed by atoms with Gasteiger partial charge < -0.3 is 4.57 Å². The van der Waals surface area contributed by atoms with E-state index in [-0.39, 0.29) is 11.4 Å². The summed E-state index contributed by atoms with van der Waals surface area (Å²) in [5.41, 5.74) is 2.57. The summed E-state index contributed by atoms with van der Waals surface area (Å²) in [6, 6.07) is 10.0. The SMILES string of the molecule is Cn1cccc1-c1ncc(CCNS(=O)(=O)c2ccc(F)cc2)cc1C=O. The Morgan fingerprint density at radius 1 is 1.22 bits per heavy atom. The molecule has 0 bridgehead atoms. The van der Waals surface area contributed by atoms with Crippen LogP contribution < -0.4 is 4.72 Å². The smallest absolute Gasteiger partial charge is 0.240 e. The molecule has 0 amide bonds. The molecule has 0 fully saturated rings. The summed E-state index contributed by atoms with van der Waals surface area (Å²) in [6.07, 6.45) is 4.59. The molecule has 27 heavy (non-hydrogen) atoms. The molecule has 140 valence electrons. The molecule has 2 aromatic heterocycles. The van der Waals surface area contributed by atoms with Crippen molar-refractivity contribution in [3.8, 4) is 11.4 Å². The predicted molar refractivity (Wildman–Crippen MR) is 99.3 cm³/mol. The normalized spacial score (nSPS) is 11.5. The Kier molecular flexibility index (Phi) is 5.48. The van der Waals surface area contributed by atoms with Crippen LogP contribution in [0.2, 0.25) is 0 Å². The van der Waals surface area contributed by atoms with Crippen molar-refractivity contribution >= 4 is 16.3 Å². The molecule has 0 aliphatic carbocycles. The lowest BCUT2D eigenvalue weighted by Gasteiger charge is -2.09.